The van der Waals surface area contributed by atoms with Crippen LogP contribution in [0.1, 0.15) is 22.3 Å². The third-order valence-electron chi connectivity index (χ3n) is 4.87. The van der Waals surface area contributed by atoms with E-state index in [1.165, 1.54) is 0 Å². The first-order valence-electron chi connectivity index (χ1n) is 9.13. The van der Waals surface area contributed by atoms with Crippen molar-refractivity contribution in [3.63, 3.8) is 0 Å². The van der Waals surface area contributed by atoms with Crippen LogP contribution in [0.25, 0.3) is 22.0 Å². The first kappa shape index (κ1) is 18.9. The van der Waals surface area contributed by atoms with Gasteiger partial charge in [0.25, 0.3) is 0 Å². The topological polar surface area (TPSA) is 51.7 Å². The highest BCUT2D eigenvalue weighted by molar-refractivity contribution is 9.10. The molecule has 3 aromatic rings. The summed E-state index contributed by atoms with van der Waals surface area (Å²) in [6, 6.07) is 11.3. The van der Waals surface area contributed by atoms with E-state index in [9.17, 15) is 4.79 Å². The molecule has 1 aromatic heterocycles. The largest absolute Gasteiger partial charge is 0.497 e. The molecule has 1 aliphatic carbocycles. The van der Waals surface area contributed by atoms with E-state index in [1.807, 2.05) is 44.4 Å². The summed E-state index contributed by atoms with van der Waals surface area (Å²) < 4.78 is 12.3. The van der Waals surface area contributed by atoms with Crippen LogP contribution >= 0.6 is 15.9 Å². The van der Waals surface area contributed by atoms with Crippen molar-refractivity contribution in [2.24, 2.45) is 0 Å². The van der Waals surface area contributed by atoms with Crippen molar-refractivity contribution in [1.29, 1.82) is 0 Å². The number of carbonyl (C=O) groups excluding carboxylic acids is 1. The van der Waals surface area contributed by atoms with Gasteiger partial charge >= 0.3 is 0 Å². The molecule has 5 nitrogen and oxygen atoms in total. The quantitative estimate of drug-likeness (QED) is 0.411. The molecule has 0 amide bonds. The van der Waals surface area contributed by atoms with Crippen LogP contribution in [0.3, 0.4) is 0 Å². The smallest absolute Gasteiger partial charge is 0.222 e. The number of hydrogen-bond acceptors (Lipinski definition) is 5. The number of benzene rings is 2. The Morgan fingerprint density at radius 2 is 1.89 bits per heavy atom. The number of ether oxygens (including phenoxy) is 2. The summed E-state index contributed by atoms with van der Waals surface area (Å²) in [6.45, 7) is 1.46. The minimum absolute atomic E-state index is 0.0169. The second-order valence-electron chi connectivity index (χ2n) is 7.07. The summed E-state index contributed by atoms with van der Waals surface area (Å²) in [5.41, 5.74) is 3.65. The van der Waals surface area contributed by atoms with Gasteiger partial charge in [0.1, 0.15) is 5.75 Å². The third-order valence-corrected chi connectivity index (χ3v) is 5.36. The number of aromatic nitrogens is 1. The van der Waals surface area contributed by atoms with E-state index in [0.29, 0.717) is 29.4 Å². The summed E-state index contributed by atoms with van der Waals surface area (Å²) >= 11 is 3.49. The lowest BCUT2D eigenvalue weighted by Crippen LogP contribution is -2.16. The molecule has 4 rings (SSSR count). The Morgan fingerprint density at radius 1 is 1.07 bits per heavy atom. The van der Waals surface area contributed by atoms with Crippen LogP contribution in [0.15, 0.2) is 40.9 Å². The van der Waals surface area contributed by atoms with E-state index in [4.69, 9.17) is 14.5 Å². The molecular weight excluding hydrogens is 420 g/mol. The van der Waals surface area contributed by atoms with E-state index in [0.717, 1.165) is 39.5 Å². The molecule has 0 radical (unpaired) electrons. The maximum absolute atomic E-state index is 13.3. The Morgan fingerprint density at radius 3 is 2.64 bits per heavy atom. The fourth-order valence-electron chi connectivity index (χ4n) is 3.55. The molecule has 0 aliphatic heterocycles. The Bertz CT molecular complexity index is 1080. The summed E-state index contributed by atoms with van der Waals surface area (Å²) in [5.74, 6) is 1.15. The Hall–Kier alpha value is -2.44. The van der Waals surface area contributed by atoms with Gasteiger partial charge in [-0.05, 0) is 56.4 Å². The summed E-state index contributed by atoms with van der Waals surface area (Å²) in [5, 5.41) is 0.832. The molecule has 2 aromatic carbocycles. The maximum Gasteiger partial charge on any atom is 0.222 e. The molecule has 28 heavy (non-hydrogen) atoms. The average molecular weight is 441 g/mol. The number of rotatable bonds is 6. The number of ketones is 1. The van der Waals surface area contributed by atoms with Crippen molar-refractivity contribution in [3.8, 4) is 22.8 Å². The number of nitrogens with zero attached hydrogens (tertiary/aromatic N) is 2. The lowest BCUT2D eigenvalue weighted by Gasteiger charge is -2.14. The zero-order valence-electron chi connectivity index (χ0n) is 16.1. The van der Waals surface area contributed by atoms with Gasteiger partial charge in [-0.2, -0.15) is 0 Å². The van der Waals surface area contributed by atoms with Crippen LogP contribution in [-0.4, -0.2) is 50.0 Å². The monoisotopic (exact) mass is 440 g/mol. The molecule has 1 heterocycles. The lowest BCUT2D eigenvalue weighted by atomic mass is 10.0. The average Bonchev–Trinajstić information content (AvgIpc) is 2.97. The predicted molar refractivity (Wildman–Crippen MR) is 114 cm³/mol. The second-order valence-corrected chi connectivity index (χ2v) is 7.99. The van der Waals surface area contributed by atoms with Gasteiger partial charge < -0.3 is 14.4 Å². The van der Waals surface area contributed by atoms with E-state index >= 15 is 0 Å². The summed E-state index contributed by atoms with van der Waals surface area (Å²) in [6.07, 6.45) is 0.878. The number of halogens is 1. The molecule has 0 spiro atoms. The highest BCUT2D eigenvalue weighted by Crippen LogP contribution is 2.46. The van der Waals surface area contributed by atoms with E-state index in [2.05, 4.69) is 20.8 Å². The number of methoxy groups -OCH3 is 1. The normalized spacial score (nSPS) is 12.4. The minimum atomic E-state index is -0.0169. The van der Waals surface area contributed by atoms with Crippen LogP contribution in [0, 0.1) is 0 Å². The van der Waals surface area contributed by atoms with Gasteiger partial charge in [-0.25, -0.2) is 4.98 Å². The van der Waals surface area contributed by atoms with Crippen LogP contribution in [0.4, 0.5) is 0 Å². The number of fused-ring (bicyclic) bond motifs is 5. The molecule has 0 saturated carbocycles. The van der Waals surface area contributed by atoms with Crippen molar-refractivity contribution < 1.29 is 14.3 Å². The van der Waals surface area contributed by atoms with Gasteiger partial charge in [-0.15, -0.1) is 0 Å². The first-order valence-corrected chi connectivity index (χ1v) is 9.93. The van der Waals surface area contributed by atoms with Crippen molar-refractivity contribution in [2.45, 2.75) is 6.42 Å². The number of hydrogen-bond donors (Lipinski definition) is 0. The van der Waals surface area contributed by atoms with Gasteiger partial charge in [-0.3, -0.25) is 4.79 Å². The molecule has 0 fully saturated rings. The first-order chi connectivity index (χ1) is 13.5. The van der Waals surface area contributed by atoms with Crippen LogP contribution < -0.4 is 9.47 Å². The standard InChI is InChI=1S/C22H21BrN2O3/c1-25(2)9-4-10-28-22-20-15-8-6-14(27-3)12-17(15)21(26)19(20)16-7-5-13(23)11-18(16)24-22/h5-8,11-12H,4,9-10H2,1-3H3. The summed E-state index contributed by atoms with van der Waals surface area (Å²) in [4.78, 5) is 20.1. The molecule has 6 heteroatoms. The van der Waals surface area contributed by atoms with E-state index < -0.39 is 0 Å². The van der Waals surface area contributed by atoms with Crippen molar-refractivity contribution >= 4 is 32.6 Å². The Labute approximate surface area is 172 Å². The fourth-order valence-corrected chi connectivity index (χ4v) is 3.90. The van der Waals surface area contributed by atoms with Crippen LogP contribution in [0.2, 0.25) is 0 Å². The minimum Gasteiger partial charge on any atom is -0.497 e. The fraction of sp³-hybridized carbons (Fsp3) is 0.273. The van der Waals surface area contributed by atoms with Crippen LogP contribution in [-0.2, 0) is 0 Å². The van der Waals surface area contributed by atoms with Crippen LogP contribution in [0.5, 0.6) is 11.6 Å². The molecule has 1 aliphatic rings. The van der Waals surface area contributed by atoms with Crippen molar-refractivity contribution in [1.82, 2.24) is 9.88 Å². The van der Waals surface area contributed by atoms with E-state index in [-0.39, 0.29) is 5.78 Å². The van der Waals surface area contributed by atoms with E-state index in [1.54, 1.807) is 13.2 Å². The number of carbonyl (C=O) groups is 1. The number of pyridine rings is 1. The molecule has 0 saturated heterocycles. The predicted octanol–water partition coefficient (Wildman–Crippen LogP) is 4.55. The summed E-state index contributed by atoms with van der Waals surface area (Å²) in [7, 11) is 5.67. The molecule has 0 N–H and O–H groups in total. The molecule has 144 valence electrons. The maximum atomic E-state index is 13.3. The lowest BCUT2D eigenvalue weighted by molar-refractivity contribution is 0.104. The highest BCUT2D eigenvalue weighted by Gasteiger charge is 2.33. The second kappa shape index (κ2) is 7.53. The Kier molecular flexibility index (Phi) is 5.08. The van der Waals surface area contributed by atoms with Gasteiger partial charge in [-0.1, -0.05) is 22.0 Å². The highest BCUT2D eigenvalue weighted by atomic mass is 79.9. The van der Waals surface area contributed by atoms with Crippen molar-refractivity contribution in [3.05, 3.63) is 52.0 Å². The van der Waals surface area contributed by atoms with Gasteiger partial charge in [0.2, 0.25) is 5.88 Å². The molecule has 0 bridgehead atoms. The zero-order valence-corrected chi connectivity index (χ0v) is 17.7. The SMILES string of the molecule is COc1ccc2c(c1)C(=O)c1c-2c(OCCCN(C)C)nc2cc(Br)ccc12. The third kappa shape index (κ3) is 3.27. The zero-order chi connectivity index (χ0) is 19.8. The van der Waals surface area contributed by atoms with Gasteiger partial charge in [0.05, 0.1) is 24.8 Å². The molecular formula is C22H21BrN2O3. The molecule has 0 unspecified atom stereocenters. The van der Waals surface area contributed by atoms with Gasteiger partial charge in [0.15, 0.2) is 5.78 Å². The molecule has 0 atom stereocenters. The van der Waals surface area contributed by atoms with Gasteiger partial charge in [0, 0.05) is 27.5 Å². The van der Waals surface area contributed by atoms with Crippen molar-refractivity contribution in [2.75, 3.05) is 34.4 Å². The Balaban J connectivity index is 1.86.